The number of piperidine rings is 1. The van der Waals surface area contributed by atoms with Gasteiger partial charge in [-0.1, -0.05) is 18.0 Å². The molecule has 1 atom stereocenters. The second-order valence-electron chi connectivity index (χ2n) is 9.42. The predicted octanol–water partition coefficient (Wildman–Crippen LogP) is 3.23. The Balaban J connectivity index is 1.14. The van der Waals surface area contributed by atoms with Crippen LogP contribution in [0.4, 0.5) is 9.18 Å². The molecule has 1 aromatic heterocycles. The van der Waals surface area contributed by atoms with Gasteiger partial charge >= 0.3 is 6.03 Å². The summed E-state index contributed by atoms with van der Waals surface area (Å²) in [6.45, 7) is 1.39. The van der Waals surface area contributed by atoms with Crippen molar-refractivity contribution in [1.29, 1.82) is 0 Å². The van der Waals surface area contributed by atoms with Crippen molar-refractivity contribution < 1.29 is 23.3 Å². The van der Waals surface area contributed by atoms with E-state index in [9.17, 15) is 18.8 Å². The van der Waals surface area contributed by atoms with Crippen LogP contribution in [-0.4, -0.2) is 63.0 Å². The monoisotopic (exact) mass is 469 g/mol. The van der Waals surface area contributed by atoms with Gasteiger partial charge in [0.1, 0.15) is 11.4 Å². The fraction of sp³-hybridized carbons (Fsp3) is 0.542. The number of carbonyl (C=O) groups is 3. The summed E-state index contributed by atoms with van der Waals surface area (Å²) in [4.78, 5) is 45.4. The van der Waals surface area contributed by atoms with Crippen LogP contribution in [0.5, 0.6) is 0 Å². The Labute approximate surface area is 196 Å². The third kappa shape index (κ3) is 4.28. The fourth-order valence-corrected chi connectivity index (χ4v) is 5.27. The first-order chi connectivity index (χ1) is 16.4. The van der Waals surface area contributed by atoms with Gasteiger partial charge in [0.25, 0.3) is 5.91 Å². The van der Waals surface area contributed by atoms with E-state index in [0.717, 1.165) is 25.7 Å². The van der Waals surface area contributed by atoms with Crippen LogP contribution >= 0.6 is 0 Å². The molecule has 10 heteroatoms. The normalized spacial score (nSPS) is 22.0. The molecule has 3 fully saturated rings. The third-order valence-corrected chi connectivity index (χ3v) is 7.14. The van der Waals surface area contributed by atoms with Gasteiger partial charge in [-0.3, -0.25) is 14.5 Å². The Hall–Kier alpha value is -3.30. The molecular weight excluding hydrogens is 441 g/mol. The van der Waals surface area contributed by atoms with Crippen LogP contribution in [-0.2, 0) is 9.59 Å². The minimum atomic E-state index is -0.710. The van der Waals surface area contributed by atoms with Crippen LogP contribution in [0.3, 0.4) is 0 Å². The number of nitrogens with zero attached hydrogens (tertiary/aromatic N) is 4. The number of hydrogen-bond acceptors (Lipinski definition) is 6. The number of rotatable bonds is 6. The summed E-state index contributed by atoms with van der Waals surface area (Å²) in [5, 5.41) is 6.88. The fourth-order valence-electron chi connectivity index (χ4n) is 5.27. The second kappa shape index (κ2) is 9.15. The largest absolute Gasteiger partial charge is 0.342 e. The number of nitrogens with one attached hydrogen (secondary N) is 1. The van der Waals surface area contributed by atoms with Gasteiger partial charge < -0.3 is 14.7 Å². The molecule has 1 spiro atoms. The highest BCUT2D eigenvalue weighted by Gasteiger charge is 2.52. The summed E-state index contributed by atoms with van der Waals surface area (Å²) >= 11 is 0. The highest BCUT2D eigenvalue weighted by molar-refractivity contribution is 6.07. The van der Waals surface area contributed by atoms with E-state index in [-0.39, 0.29) is 42.5 Å². The van der Waals surface area contributed by atoms with Gasteiger partial charge in [-0.2, -0.15) is 4.98 Å². The van der Waals surface area contributed by atoms with Crippen molar-refractivity contribution >= 4 is 17.8 Å². The maximum absolute atomic E-state index is 13.2. The lowest BCUT2D eigenvalue weighted by Gasteiger charge is -2.31. The number of likely N-dealkylation sites (tertiary alicyclic amines) is 1. The van der Waals surface area contributed by atoms with Crippen LogP contribution in [0, 0.1) is 5.82 Å². The number of imide groups is 1. The van der Waals surface area contributed by atoms with E-state index in [1.165, 1.54) is 17.0 Å². The molecule has 2 aromatic rings. The van der Waals surface area contributed by atoms with Gasteiger partial charge in [-0.15, -0.1) is 0 Å². The van der Waals surface area contributed by atoms with Crippen molar-refractivity contribution in [3.63, 3.8) is 0 Å². The molecule has 5 rings (SSSR count). The highest BCUT2D eigenvalue weighted by Crippen LogP contribution is 2.35. The third-order valence-electron chi connectivity index (χ3n) is 7.14. The van der Waals surface area contributed by atoms with Crippen LogP contribution in [0.1, 0.15) is 63.2 Å². The SMILES string of the molecule is O=C(CCCN1C(=O)NC2(CCCC2)C1=O)N1CCC[C@H](c2nc(-c3ccc(F)cc3)no2)C1. The van der Waals surface area contributed by atoms with E-state index in [2.05, 4.69) is 15.5 Å². The topological polar surface area (TPSA) is 109 Å². The van der Waals surface area contributed by atoms with E-state index in [1.807, 2.05) is 0 Å². The molecule has 9 nitrogen and oxygen atoms in total. The number of benzene rings is 1. The molecule has 1 N–H and O–H groups in total. The number of amides is 4. The Morgan fingerprint density at radius 3 is 2.71 bits per heavy atom. The molecule has 2 aliphatic heterocycles. The van der Waals surface area contributed by atoms with Crippen LogP contribution in [0.25, 0.3) is 11.4 Å². The number of carbonyl (C=O) groups excluding carboxylic acids is 3. The van der Waals surface area contributed by atoms with Crippen LogP contribution < -0.4 is 5.32 Å². The van der Waals surface area contributed by atoms with Gasteiger partial charge in [-0.05, 0) is 56.4 Å². The average Bonchev–Trinajstić information content (AvgIpc) is 3.57. The van der Waals surface area contributed by atoms with Gasteiger partial charge in [0.2, 0.25) is 17.6 Å². The molecule has 0 radical (unpaired) electrons. The Kier molecular flexibility index (Phi) is 6.05. The van der Waals surface area contributed by atoms with E-state index < -0.39 is 5.54 Å². The van der Waals surface area contributed by atoms with Gasteiger partial charge in [0.05, 0.1) is 5.92 Å². The lowest BCUT2D eigenvalue weighted by Crippen LogP contribution is -2.44. The molecular formula is C24H28FN5O4. The molecule has 180 valence electrons. The van der Waals surface area contributed by atoms with E-state index in [0.29, 0.717) is 49.6 Å². The van der Waals surface area contributed by atoms with Crippen molar-refractivity contribution in [2.24, 2.45) is 0 Å². The summed E-state index contributed by atoms with van der Waals surface area (Å²) in [5.41, 5.74) is -0.0436. The average molecular weight is 470 g/mol. The first kappa shape index (κ1) is 22.5. The van der Waals surface area contributed by atoms with E-state index >= 15 is 0 Å². The maximum Gasteiger partial charge on any atom is 0.325 e. The first-order valence-corrected chi connectivity index (χ1v) is 12.0. The summed E-state index contributed by atoms with van der Waals surface area (Å²) < 4.78 is 18.6. The quantitative estimate of drug-likeness (QED) is 0.651. The number of aromatic nitrogens is 2. The van der Waals surface area contributed by atoms with Crippen molar-refractivity contribution in [1.82, 2.24) is 25.3 Å². The number of urea groups is 1. The Morgan fingerprint density at radius 2 is 1.94 bits per heavy atom. The number of halogens is 1. The second-order valence-corrected chi connectivity index (χ2v) is 9.42. The predicted molar refractivity (Wildman–Crippen MR) is 119 cm³/mol. The smallest absolute Gasteiger partial charge is 0.325 e. The zero-order valence-electron chi connectivity index (χ0n) is 19.0. The zero-order valence-corrected chi connectivity index (χ0v) is 19.0. The summed E-state index contributed by atoms with van der Waals surface area (Å²) in [6.07, 6.45) is 5.63. The molecule has 1 aromatic carbocycles. The van der Waals surface area contributed by atoms with Gasteiger partial charge in [-0.25, -0.2) is 9.18 Å². The van der Waals surface area contributed by atoms with Gasteiger partial charge in [0, 0.05) is 31.6 Å². The van der Waals surface area contributed by atoms with Crippen molar-refractivity contribution in [3.8, 4) is 11.4 Å². The molecule has 1 aliphatic carbocycles. The molecule has 0 unspecified atom stereocenters. The van der Waals surface area contributed by atoms with Crippen LogP contribution in [0.2, 0.25) is 0 Å². The zero-order chi connectivity index (χ0) is 23.7. The molecule has 4 amide bonds. The molecule has 2 saturated heterocycles. The minimum absolute atomic E-state index is 0.00870. The van der Waals surface area contributed by atoms with Crippen molar-refractivity contribution in [2.45, 2.75) is 62.8 Å². The molecule has 3 heterocycles. The van der Waals surface area contributed by atoms with Gasteiger partial charge in [0.15, 0.2) is 0 Å². The maximum atomic E-state index is 13.2. The number of hydrogen-bond donors (Lipinski definition) is 1. The standard InChI is InChI=1S/C24H28FN5O4/c25-18-9-7-16(8-10-18)20-26-21(34-28-20)17-5-3-13-29(15-17)19(31)6-4-14-30-22(32)24(27-23(30)33)11-1-2-12-24/h7-10,17H,1-6,11-15H2,(H,27,33)/t17-/m0/s1. The minimum Gasteiger partial charge on any atom is -0.342 e. The molecule has 34 heavy (non-hydrogen) atoms. The van der Waals surface area contributed by atoms with E-state index in [4.69, 9.17) is 4.52 Å². The van der Waals surface area contributed by atoms with Crippen LogP contribution in [0.15, 0.2) is 28.8 Å². The highest BCUT2D eigenvalue weighted by atomic mass is 19.1. The summed E-state index contributed by atoms with van der Waals surface area (Å²) in [5.74, 6) is 0.318. The Morgan fingerprint density at radius 1 is 1.18 bits per heavy atom. The molecule has 3 aliphatic rings. The molecule has 1 saturated carbocycles. The lowest BCUT2D eigenvalue weighted by molar-refractivity contribution is -0.134. The van der Waals surface area contributed by atoms with E-state index in [1.54, 1.807) is 17.0 Å². The van der Waals surface area contributed by atoms with Crippen molar-refractivity contribution in [3.05, 3.63) is 36.0 Å². The van der Waals surface area contributed by atoms with Crippen molar-refractivity contribution in [2.75, 3.05) is 19.6 Å². The molecule has 0 bridgehead atoms. The summed E-state index contributed by atoms with van der Waals surface area (Å²) in [6, 6.07) is 5.55. The summed E-state index contributed by atoms with van der Waals surface area (Å²) in [7, 11) is 0. The Bertz CT molecular complexity index is 1080. The first-order valence-electron chi connectivity index (χ1n) is 12.0. The lowest BCUT2D eigenvalue weighted by atomic mass is 9.97.